The van der Waals surface area contributed by atoms with E-state index in [2.05, 4.69) is 5.32 Å². The number of hydrogen-bond donors (Lipinski definition) is 1. The molecule has 0 heterocycles. The monoisotopic (exact) mass is 434 g/mol. The van der Waals surface area contributed by atoms with Crippen molar-refractivity contribution in [3.63, 3.8) is 0 Å². The molecule has 2 aromatic carbocycles. The number of rotatable bonds is 9. The summed E-state index contributed by atoms with van der Waals surface area (Å²) < 4.78 is 0. The summed E-state index contributed by atoms with van der Waals surface area (Å²) in [5.41, 5.74) is 2.90. The minimum atomic E-state index is -0.530. The van der Waals surface area contributed by atoms with Crippen LogP contribution in [-0.4, -0.2) is 29.3 Å². The van der Waals surface area contributed by atoms with Gasteiger partial charge in [0.2, 0.25) is 11.8 Å². The van der Waals surface area contributed by atoms with Crippen LogP contribution in [0.5, 0.6) is 0 Å². The maximum absolute atomic E-state index is 13.2. The molecule has 2 aromatic rings. The first-order valence-corrected chi connectivity index (χ1v) is 10.7. The zero-order valence-corrected chi connectivity index (χ0v) is 18.7. The zero-order valence-electron chi connectivity index (χ0n) is 17.2. The normalized spacial score (nSPS) is 11.8. The molecular formula is C23H28Cl2N2O2. The average molecular weight is 435 g/mol. The van der Waals surface area contributed by atoms with Crippen LogP contribution in [0, 0.1) is 6.92 Å². The van der Waals surface area contributed by atoms with Gasteiger partial charge in [-0.25, -0.2) is 0 Å². The quantitative estimate of drug-likeness (QED) is 0.590. The van der Waals surface area contributed by atoms with Crippen molar-refractivity contribution in [3.05, 3.63) is 69.2 Å². The molecule has 0 unspecified atom stereocenters. The Morgan fingerprint density at radius 2 is 1.66 bits per heavy atom. The van der Waals surface area contributed by atoms with E-state index in [0.717, 1.165) is 23.1 Å². The minimum Gasteiger partial charge on any atom is -0.354 e. The fourth-order valence-electron chi connectivity index (χ4n) is 3.10. The first-order valence-electron chi connectivity index (χ1n) is 9.92. The van der Waals surface area contributed by atoms with Crippen LogP contribution in [-0.2, 0) is 22.6 Å². The Morgan fingerprint density at radius 1 is 1.00 bits per heavy atom. The molecule has 0 radical (unpaired) electrons. The van der Waals surface area contributed by atoms with Crippen LogP contribution >= 0.6 is 23.2 Å². The third kappa shape index (κ3) is 6.76. The van der Waals surface area contributed by atoms with Gasteiger partial charge in [-0.1, -0.05) is 72.9 Å². The lowest BCUT2D eigenvalue weighted by molar-refractivity contribution is -0.140. The molecule has 2 rings (SSSR count). The number of halogens is 2. The predicted octanol–water partition coefficient (Wildman–Crippen LogP) is 5.18. The highest BCUT2D eigenvalue weighted by Gasteiger charge is 2.28. The lowest BCUT2D eigenvalue weighted by Crippen LogP contribution is -2.49. The number of hydrogen-bond acceptors (Lipinski definition) is 2. The zero-order chi connectivity index (χ0) is 21.4. The summed E-state index contributed by atoms with van der Waals surface area (Å²) in [7, 11) is 0. The first kappa shape index (κ1) is 23.2. The lowest BCUT2D eigenvalue weighted by atomic mass is 10.1. The number of benzene rings is 2. The molecule has 1 atom stereocenters. The molecule has 2 amide bonds. The number of carbonyl (C=O) groups is 2. The van der Waals surface area contributed by atoms with Crippen molar-refractivity contribution in [1.82, 2.24) is 10.2 Å². The van der Waals surface area contributed by atoms with Crippen LogP contribution in [0.15, 0.2) is 42.5 Å². The summed E-state index contributed by atoms with van der Waals surface area (Å²) in [5, 5.41) is 3.78. The van der Waals surface area contributed by atoms with E-state index < -0.39 is 6.04 Å². The summed E-state index contributed by atoms with van der Waals surface area (Å²) in [6.07, 6.45) is 1.53. The number of aryl methyl sites for hydroxylation is 1. The summed E-state index contributed by atoms with van der Waals surface area (Å²) in [4.78, 5) is 27.6. The van der Waals surface area contributed by atoms with Crippen molar-refractivity contribution >= 4 is 35.0 Å². The van der Waals surface area contributed by atoms with Gasteiger partial charge in [0.05, 0.1) is 16.5 Å². The Balaban J connectivity index is 2.27. The molecule has 156 valence electrons. The van der Waals surface area contributed by atoms with Gasteiger partial charge in [-0.2, -0.15) is 0 Å². The largest absolute Gasteiger partial charge is 0.354 e. The molecule has 0 aliphatic rings. The molecule has 0 aliphatic carbocycles. The molecule has 0 saturated carbocycles. The maximum atomic E-state index is 13.2. The van der Waals surface area contributed by atoms with Gasteiger partial charge in [0.15, 0.2) is 0 Å². The molecule has 0 bridgehead atoms. The molecule has 4 nitrogen and oxygen atoms in total. The second-order valence-electron chi connectivity index (χ2n) is 7.15. The van der Waals surface area contributed by atoms with Gasteiger partial charge >= 0.3 is 0 Å². The van der Waals surface area contributed by atoms with Crippen molar-refractivity contribution in [2.75, 3.05) is 6.54 Å². The van der Waals surface area contributed by atoms with Crippen LogP contribution in [0.2, 0.25) is 10.0 Å². The van der Waals surface area contributed by atoms with Crippen molar-refractivity contribution in [2.24, 2.45) is 0 Å². The number of carbonyl (C=O) groups excluding carboxylic acids is 2. The molecule has 0 saturated heterocycles. The predicted molar refractivity (Wildman–Crippen MR) is 119 cm³/mol. The Bertz CT molecular complexity index is 837. The highest BCUT2D eigenvalue weighted by atomic mass is 35.5. The maximum Gasteiger partial charge on any atom is 0.242 e. The molecule has 1 N–H and O–H groups in total. The SMILES string of the molecule is CCCNC(=O)[C@H](CC)N(Cc1ccc(C)cc1)C(=O)Cc1ccc(Cl)c(Cl)c1. The topological polar surface area (TPSA) is 49.4 Å². The summed E-state index contributed by atoms with van der Waals surface area (Å²) >= 11 is 12.1. The van der Waals surface area contributed by atoms with E-state index in [9.17, 15) is 9.59 Å². The van der Waals surface area contributed by atoms with Crippen molar-refractivity contribution in [2.45, 2.75) is 52.6 Å². The molecule has 0 fully saturated rings. The van der Waals surface area contributed by atoms with Gasteiger partial charge in [-0.15, -0.1) is 0 Å². The Hall–Kier alpha value is -2.04. The number of amides is 2. The second-order valence-corrected chi connectivity index (χ2v) is 7.96. The van der Waals surface area contributed by atoms with Crippen molar-refractivity contribution < 1.29 is 9.59 Å². The molecule has 6 heteroatoms. The molecule has 0 aliphatic heterocycles. The van der Waals surface area contributed by atoms with E-state index in [1.165, 1.54) is 0 Å². The van der Waals surface area contributed by atoms with Crippen molar-refractivity contribution in [3.8, 4) is 0 Å². The second kappa shape index (κ2) is 11.2. The minimum absolute atomic E-state index is 0.121. The Morgan fingerprint density at radius 3 is 2.24 bits per heavy atom. The summed E-state index contributed by atoms with van der Waals surface area (Å²) in [5.74, 6) is -0.244. The van der Waals surface area contributed by atoms with Gasteiger partial charge in [0.1, 0.15) is 6.04 Å². The van der Waals surface area contributed by atoms with Crippen LogP contribution < -0.4 is 5.32 Å². The van der Waals surface area contributed by atoms with E-state index in [4.69, 9.17) is 23.2 Å². The van der Waals surface area contributed by atoms with E-state index in [-0.39, 0.29) is 18.2 Å². The van der Waals surface area contributed by atoms with Crippen molar-refractivity contribution in [1.29, 1.82) is 0 Å². The highest BCUT2D eigenvalue weighted by molar-refractivity contribution is 6.42. The van der Waals surface area contributed by atoms with Gasteiger partial charge in [0, 0.05) is 13.1 Å². The first-order chi connectivity index (χ1) is 13.8. The fraction of sp³-hybridized carbons (Fsp3) is 0.391. The van der Waals surface area contributed by atoms with Gasteiger partial charge in [-0.05, 0) is 43.0 Å². The molecule has 29 heavy (non-hydrogen) atoms. The van der Waals surface area contributed by atoms with Crippen LogP contribution in [0.3, 0.4) is 0 Å². The van der Waals surface area contributed by atoms with Crippen LogP contribution in [0.1, 0.15) is 43.4 Å². The van der Waals surface area contributed by atoms with E-state index in [1.807, 2.05) is 45.0 Å². The van der Waals surface area contributed by atoms with Crippen LogP contribution in [0.25, 0.3) is 0 Å². The van der Waals surface area contributed by atoms with Gasteiger partial charge in [-0.3, -0.25) is 9.59 Å². The highest BCUT2D eigenvalue weighted by Crippen LogP contribution is 2.23. The summed E-state index contributed by atoms with van der Waals surface area (Å²) in [6.45, 7) is 6.91. The number of nitrogens with one attached hydrogen (secondary N) is 1. The molecule has 0 aromatic heterocycles. The van der Waals surface area contributed by atoms with Gasteiger partial charge < -0.3 is 10.2 Å². The standard InChI is InChI=1S/C23H28Cl2N2O2/c1-4-12-26-23(29)21(5-2)27(15-17-8-6-16(3)7-9-17)22(28)14-18-10-11-19(24)20(25)13-18/h6-11,13,21H,4-5,12,14-15H2,1-3H3,(H,26,29)/t21-/m0/s1. The molecule has 0 spiro atoms. The van der Waals surface area contributed by atoms with E-state index >= 15 is 0 Å². The molecular weight excluding hydrogens is 407 g/mol. The summed E-state index contributed by atoms with van der Waals surface area (Å²) in [6, 6.07) is 12.6. The van der Waals surface area contributed by atoms with Crippen LogP contribution in [0.4, 0.5) is 0 Å². The number of nitrogens with zero attached hydrogens (tertiary/aromatic N) is 1. The van der Waals surface area contributed by atoms with E-state index in [1.54, 1.807) is 23.1 Å². The lowest BCUT2D eigenvalue weighted by Gasteiger charge is -2.31. The third-order valence-electron chi connectivity index (χ3n) is 4.75. The average Bonchev–Trinajstić information content (AvgIpc) is 2.70. The van der Waals surface area contributed by atoms with Gasteiger partial charge in [0.25, 0.3) is 0 Å². The third-order valence-corrected chi connectivity index (χ3v) is 5.49. The Labute approximate surface area is 183 Å². The van der Waals surface area contributed by atoms with E-state index in [0.29, 0.717) is 29.6 Å². The smallest absolute Gasteiger partial charge is 0.242 e. The Kier molecular flexibility index (Phi) is 8.99. The fourth-order valence-corrected chi connectivity index (χ4v) is 3.42.